The standard InChI is InChI=1S/C26H46O4S.Na/c1-5-7-9-11-13-15-17-24-19-20-26(30-22(3)23(4)31(27,28)29)25(21-24)18-16-14-12-10-8-6-2;/h19-23H,5-18H2,1-4H3,(H,27,28,29);/q;+1/p-1. The fourth-order valence-corrected chi connectivity index (χ4v) is 4.36. The molecule has 0 bridgehead atoms. The van der Waals surface area contributed by atoms with Crippen molar-refractivity contribution in [3.63, 3.8) is 0 Å². The summed E-state index contributed by atoms with van der Waals surface area (Å²) in [5.74, 6) is 0.725. The van der Waals surface area contributed by atoms with Gasteiger partial charge in [-0.3, -0.25) is 0 Å². The molecule has 1 rings (SSSR count). The second-order valence-electron chi connectivity index (χ2n) is 9.00. The van der Waals surface area contributed by atoms with E-state index in [-0.39, 0.29) is 29.6 Å². The summed E-state index contributed by atoms with van der Waals surface area (Å²) in [4.78, 5) is 0. The molecule has 0 heterocycles. The summed E-state index contributed by atoms with van der Waals surface area (Å²) in [6.07, 6.45) is 16.4. The zero-order valence-electron chi connectivity index (χ0n) is 21.3. The Labute approximate surface area is 220 Å². The van der Waals surface area contributed by atoms with E-state index in [1.165, 1.54) is 83.1 Å². The van der Waals surface area contributed by atoms with Crippen LogP contribution in [-0.2, 0) is 23.0 Å². The molecule has 0 aliphatic carbocycles. The van der Waals surface area contributed by atoms with E-state index in [1.54, 1.807) is 6.92 Å². The molecule has 32 heavy (non-hydrogen) atoms. The van der Waals surface area contributed by atoms with Crippen LogP contribution < -0.4 is 34.3 Å². The van der Waals surface area contributed by atoms with Gasteiger partial charge in [-0.25, -0.2) is 8.42 Å². The Morgan fingerprint density at radius 1 is 0.812 bits per heavy atom. The quantitative estimate of drug-likeness (QED) is 0.181. The maximum absolute atomic E-state index is 11.4. The number of benzene rings is 1. The first-order valence-corrected chi connectivity index (χ1v) is 14.0. The van der Waals surface area contributed by atoms with Crippen molar-refractivity contribution in [3.05, 3.63) is 29.3 Å². The Morgan fingerprint density at radius 2 is 1.31 bits per heavy atom. The van der Waals surface area contributed by atoms with Crippen LogP contribution in [0, 0.1) is 0 Å². The monoisotopic (exact) mass is 476 g/mol. The zero-order valence-corrected chi connectivity index (χ0v) is 24.1. The Kier molecular flexibility index (Phi) is 18.2. The van der Waals surface area contributed by atoms with Crippen LogP contribution in [0.25, 0.3) is 0 Å². The van der Waals surface area contributed by atoms with Gasteiger partial charge in [0, 0.05) is 0 Å². The van der Waals surface area contributed by atoms with Gasteiger partial charge >= 0.3 is 29.6 Å². The molecule has 1 aromatic rings. The van der Waals surface area contributed by atoms with Gasteiger partial charge in [0.15, 0.2) is 0 Å². The molecule has 1 aromatic carbocycles. The van der Waals surface area contributed by atoms with Crippen LogP contribution in [0.15, 0.2) is 18.2 Å². The van der Waals surface area contributed by atoms with Crippen molar-refractivity contribution >= 4 is 10.1 Å². The third kappa shape index (κ3) is 13.6. The van der Waals surface area contributed by atoms with E-state index in [1.807, 2.05) is 6.07 Å². The molecule has 0 aliphatic rings. The van der Waals surface area contributed by atoms with Crippen molar-refractivity contribution in [1.29, 1.82) is 0 Å². The minimum atomic E-state index is -4.37. The molecule has 0 radical (unpaired) electrons. The molecule has 0 saturated carbocycles. The van der Waals surface area contributed by atoms with Crippen molar-refractivity contribution in [2.45, 2.75) is 129 Å². The minimum Gasteiger partial charge on any atom is -0.748 e. The van der Waals surface area contributed by atoms with Gasteiger partial charge in [-0.2, -0.15) is 0 Å². The van der Waals surface area contributed by atoms with Crippen molar-refractivity contribution in [2.75, 3.05) is 0 Å². The molecule has 4 nitrogen and oxygen atoms in total. The number of unbranched alkanes of at least 4 members (excludes halogenated alkanes) is 10. The van der Waals surface area contributed by atoms with Crippen LogP contribution >= 0.6 is 0 Å². The third-order valence-electron chi connectivity index (χ3n) is 6.17. The topological polar surface area (TPSA) is 66.4 Å². The summed E-state index contributed by atoms with van der Waals surface area (Å²) in [7, 11) is -4.37. The normalized spacial score (nSPS) is 13.4. The molecule has 0 aromatic heterocycles. The summed E-state index contributed by atoms with van der Waals surface area (Å²) in [5.41, 5.74) is 2.46. The summed E-state index contributed by atoms with van der Waals surface area (Å²) in [6.45, 7) is 7.55. The molecular weight excluding hydrogens is 431 g/mol. The smallest absolute Gasteiger partial charge is 0.748 e. The average molecular weight is 477 g/mol. The fourth-order valence-electron chi connectivity index (χ4n) is 3.83. The fraction of sp³-hybridized carbons (Fsp3) is 0.769. The van der Waals surface area contributed by atoms with Crippen LogP contribution in [0.3, 0.4) is 0 Å². The number of aryl methyl sites for hydroxylation is 2. The molecule has 0 saturated heterocycles. The van der Waals surface area contributed by atoms with Crippen LogP contribution in [0.1, 0.15) is 116 Å². The largest absolute Gasteiger partial charge is 1.00 e. The molecule has 0 N–H and O–H groups in total. The Balaban J connectivity index is 0.00000961. The summed E-state index contributed by atoms with van der Waals surface area (Å²) < 4.78 is 40.1. The van der Waals surface area contributed by atoms with Gasteiger partial charge in [-0.1, -0.05) is 90.2 Å². The van der Waals surface area contributed by atoms with E-state index in [9.17, 15) is 13.0 Å². The van der Waals surface area contributed by atoms with Gasteiger partial charge in [-0.05, 0) is 56.7 Å². The van der Waals surface area contributed by atoms with E-state index >= 15 is 0 Å². The molecular formula is C26H45NaO4S. The Bertz CT molecular complexity index is 706. The van der Waals surface area contributed by atoms with E-state index < -0.39 is 21.5 Å². The first kappa shape index (κ1) is 31.9. The van der Waals surface area contributed by atoms with E-state index in [0.29, 0.717) is 0 Å². The molecule has 6 heteroatoms. The van der Waals surface area contributed by atoms with Gasteiger partial charge in [0.05, 0.1) is 5.25 Å². The van der Waals surface area contributed by atoms with E-state index in [4.69, 9.17) is 4.74 Å². The minimum absolute atomic E-state index is 0. The average Bonchev–Trinajstić information content (AvgIpc) is 2.73. The number of hydrogen-bond donors (Lipinski definition) is 0. The first-order valence-electron chi connectivity index (χ1n) is 12.5. The molecule has 0 fully saturated rings. The summed E-state index contributed by atoms with van der Waals surface area (Å²) >= 11 is 0. The van der Waals surface area contributed by atoms with Crippen molar-refractivity contribution < 1.29 is 47.3 Å². The Morgan fingerprint density at radius 3 is 1.84 bits per heavy atom. The molecule has 0 aliphatic heterocycles. The number of hydrogen-bond acceptors (Lipinski definition) is 4. The van der Waals surface area contributed by atoms with Gasteiger partial charge in [0.2, 0.25) is 0 Å². The predicted octanol–water partition coefficient (Wildman–Crippen LogP) is 4.20. The second-order valence-corrected chi connectivity index (χ2v) is 10.7. The van der Waals surface area contributed by atoms with Crippen molar-refractivity contribution in [1.82, 2.24) is 0 Å². The zero-order chi connectivity index (χ0) is 23.1. The maximum atomic E-state index is 11.4. The molecule has 0 amide bonds. The molecule has 2 unspecified atom stereocenters. The number of rotatable bonds is 18. The SMILES string of the molecule is CCCCCCCCc1ccc(OC(C)C(C)S(=O)(=O)[O-])c(CCCCCCCC)c1.[Na+]. The second kappa shape index (κ2) is 18.3. The maximum Gasteiger partial charge on any atom is 1.00 e. The molecule has 2 atom stereocenters. The van der Waals surface area contributed by atoms with Crippen LogP contribution in [0.4, 0.5) is 0 Å². The third-order valence-corrected chi connectivity index (χ3v) is 7.47. The summed E-state index contributed by atoms with van der Waals surface area (Å²) in [5, 5.41) is -1.07. The van der Waals surface area contributed by atoms with Crippen molar-refractivity contribution in [3.8, 4) is 5.75 Å². The van der Waals surface area contributed by atoms with Crippen LogP contribution in [-0.4, -0.2) is 24.3 Å². The van der Waals surface area contributed by atoms with Gasteiger partial charge in [0.25, 0.3) is 0 Å². The summed E-state index contributed by atoms with van der Waals surface area (Å²) in [6, 6.07) is 6.30. The van der Waals surface area contributed by atoms with Crippen molar-refractivity contribution in [2.24, 2.45) is 0 Å². The van der Waals surface area contributed by atoms with Gasteiger partial charge in [0.1, 0.15) is 22.0 Å². The van der Waals surface area contributed by atoms with E-state index in [0.717, 1.165) is 30.6 Å². The molecule has 0 spiro atoms. The first-order chi connectivity index (χ1) is 14.8. The molecule has 180 valence electrons. The predicted molar refractivity (Wildman–Crippen MR) is 130 cm³/mol. The van der Waals surface area contributed by atoms with E-state index in [2.05, 4.69) is 26.0 Å². The Hall–Kier alpha value is -0.0700. The van der Waals surface area contributed by atoms with Crippen LogP contribution in [0.5, 0.6) is 5.75 Å². The van der Waals surface area contributed by atoms with Gasteiger partial charge in [-0.15, -0.1) is 0 Å². The van der Waals surface area contributed by atoms with Gasteiger partial charge < -0.3 is 9.29 Å². The van der Waals surface area contributed by atoms with Crippen LogP contribution in [0.2, 0.25) is 0 Å². The number of ether oxygens (including phenoxy) is 1.